The van der Waals surface area contributed by atoms with Crippen molar-refractivity contribution in [3.63, 3.8) is 0 Å². The Bertz CT molecular complexity index is 522. The normalized spacial score (nSPS) is 10.8. The van der Waals surface area contributed by atoms with Crippen LogP contribution in [0.2, 0.25) is 0 Å². The van der Waals surface area contributed by atoms with Crippen molar-refractivity contribution in [3.8, 4) is 0 Å². The van der Waals surface area contributed by atoms with E-state index in [2.05, 4.69) is 5.10 Å². The Kier molecular flexibility index (Phi) is 5.62. The number of carbonyl (C=O) groups excluding carboxylic acids is 2. The van der Waals surface area contributed by atoms with Gasteiger partial charge >= 0.3 is 5.91 Å². The molecule has 1 amide bonds. The van der Waals surface area contributed by atoms with E-state index in [1.165, 1.54) is 13.3 Å². The highest BCUT2D eigenvalue weighted by atomic mass is 16.2. The van der Waals surface area contributed by atoms with Gasteiger partial charge in [0.15, 0.2) is 0 Å². The molecule has 0 atom stereocenters. The van der Waals surface area contributed by atoms with Gasteiger partial charge in [0.05, 0.1) is 0 Å². The molecule has 0 aliphatic rings. The van der Waals surface area contributed by atoms with Crippen LogP contribution in [0.25, 0.3) is 0 Å². The molecule has 108 valence electrons. The van der Waals surface area contributed by atoms with Crippen molar-refractivity contribution in [2.45, 2.75) is 40.5 Å². The molecular formula is C16H22N2O2. The number of likely N-dealkylation sites (N-methyl/N-ethyl adjacent to an activating group) is 1. The second-order valence-electron chi connectivity index (χ2n) is 4.70. The Hall–Kier alpha value is -1.97. The van der Waals surface area contributed by atoms with Crippen molar-refractivity contribution in [3.05, 3.63) is 34.4 Å². The van der Waals surface area contributed by atoms with Gasteiger partial charge in [0.25, 0.3) is 5.78 Å². The number of nitrogens with zero attached hydrogens (tertiary/aromatic N) is 2. The molecule has 4 heteroatoms. The van der Waals surface area contributed by atoms with Crippen molar-refractivity contribution in [1.82, 2.24) is 5.01 Å². The van der Waals surface area contributed by atoms with Crippen LogP contribution in [0.15, 0.2) is 17.2 Å². The van der Waals surface area contributed by atoms with E-state index in [-0.39, 0.29) is 0 Å². The smallest absolute Gasteiger partial charge is 0.283 e. The molecule has 0 aromatic heterocycles. The first-order chi connectivity index (χ1) is 9.46. The Morgan fingerprint density at radius 2 is 1.70 bits per heavy atom. The monoisotopic (exact) mass is 274 g/mol. The molecule has 0 radical (unpaired) electrons. The SMILES string of the molecule is CC=NN(C)C(=O)C(=O)c1c(CC)cc(C)cc1CC. The highest BCUT2D eigenvalue weighted by Gasteiger charge is 2.24. The molecule has 0 saturated heterocycles. The first-order valence-electron chi connectivity index (χ1n) is 6.89. The van der Waals surface area contributed by atoms with E-state index in [0.717, 1.165) is 34.5 Å². The lowest BCUT2D eigenvalue weighted by Crippen LogP contribution is -2.30. The van der Waals surface area contributed by atoms with Crippen LogP contribution in [0.1, 0.15) is 47.8 Å². The summed E-state index contributed by atoms with van der Waals surface area (Å²) < 4.78 is 0. The van der Waals surface area contributed by atoms with Crippen LogP contribution in [0.4, 0.5) is 0 Å². The number of amides is 1. The summed E-state index contributed by atoms with van der Waals surface area (Å²) in [7, 11) is 1.49. The first-order valence-corrected chi connectivity index (χ1v) is 6.89. The molecule has 0 heterocycles. The third-order valence-corrected chi connectivity index (χ3v) is 3.21. The molecular weight excluding hydrogens is 252 g/mol. The van der Waals surface area contributed by atoms with E-state index >= 15 is 0 Å². The zero-order valence-electron chi connectivity index (χ0n) is 12.9. The minimum absolute atomic E-state index is 0.480. The quantitative estimate of drug-likeness (QED) is 0.359. The van der Waals surface area contributed by atoms with Gasteiger partial charge < -0.3 is 0 Å². The van der Waals surface area contributed by atoms with Gasteiger partial charge in [-0.25, -0.2) is 5.01 Å². The van der Waals surface area contributed by atoms with Gasteiger partial charge in [-0.2, -0.15) is 5.10 Å². The zero-order valence-corrected chi connectivity index (χ0v) is 12.9. The standard InChI is InChI=1S/C16H22N2O2/c1-6-12-9-11(4)10-13(7-2)14(12)15(19)16(20)18(5)17-8-3/h8-10H,6-7H2,1-5H3. The van der Waals surface area contributed by atoms with E-state index in [1.54, 1.807) is 6.92 Å². The maximum Gasteiger partial charge on any atom is 0.314 e. The third-order valence-electron chi connectivity index (χ3n) is 3.21. The molecule has 4 nitrogen and oxygen atoms in total. The molecule has 20 heavy (non-hydrogen) atoms. The average molecular weight is 274 g/mol. The molecule has 0 spiro atoms. The Morgan fingerprint density at radius 1 is 1.20 bits per heavy atom. The van der Waals surface area contributed by atoms with Gasteiger partial charge in [0.1, 0.15) is 0 Å². The van der Waals surface area contributed by atoms with Gasteiger partial charge in [-0.3, -0.25) is 9.59 Å². The van der Waals surface area contributed by atoms with E-state index in [4.69, 9.17) is 0 Å². The number of ketones is 1. The van der Waals surface area contributed by atoms with Gasteiger partial charge in [0, 0.05) is 18.8 Å². The number of hydrazone groups is 1. The number of aryl methyl sites for hydroxylation is 3. The number of benzene rings is 1. The van der Waals surface area contributed by atoms with E-state index in [9.17, 15) is 9.59 Å². The minimum Gasteiger partial charge on any atom is -0.283 e. The van der Waals surface area contributed by atoms with Crippen LogP contribution in [0.5, 0.6) is 0 Å². The van der Waals surface area contributed by atoms with Gasteiger partial charge in [-0.15, -0.1) is 0 Å². The third kappa shape index (κ3) is 3.32. The van der Waals surface area contributed by atoms with E-state index in [1.807, 2.05) is 32.9 Å². The summed E-state index contributed by atoms with van der Waals surface area (Å²) in [4.78, 5) is 24.6. The number of rotatable bonds is 5. The fourth-order valence-corrected chi connectivity index (χ4v) is 2.27. The van der Waals surface area contributed by atoms with Crippen molar-refractivity contribution >= 4 is 17.9 Å². The van der Waals surface area contributed by atoms with Crippen molar-refractivity contribution in [2.24, 2.45) is 5.10 Å². The minimum atomic E-state index is -0.601. The van der Waals surface area contributed by atoms with Crippen LogP contribution >= 0.6 is 0 Å². The summed E-state index contributed by atoms with van der Waals surface area (Å²) in [6, 6.07) is 3.95. The van der Waals surface area contributed by atoms with Crippen molar-refractivity contribution in [1.29, 1.82) is 0 Å². The molecule has 1 aromatic rings. The lowest BCUT2D eigenvalue weighted by atomic mass is 9.92. The molecule has 0 N–H and O–H groups in total. The maximum atomic E-state index is 12.5. The Morgan fingerprint density at radius 3 is 2.10 bits per heavy atom. The average Bonchev–Trinajstić information content (AvgIpc) is 2.44. The molecule has 1 aromatic carbocycles. The number of Topliss-reactive ketones (excluding diaryl/α,β-unsaturated/α-hetero) is 1. The highest BCUT2D eigenvalue weighted by Crippen LogP contribution is 2.20. The molecule has 0 fully saturated rings. The van der Waals surface area contributed by atoms with Crippen LogP contribution in [0.3, 0.4) is 0 Å². The fraction of sp³-hybridized carbons (Fsp3) is 0.438. The molecule has 0 saturated carbocycles. The van der Waals surface area contributed by atoms with E-state index in [0.29, 0.717) is 5.56 Å². The lowest BCUT2D eigenvalue weighted by molar-refractivity contribution is -0.125. The molecule has 1 rings (SSSR count). The van der Waals surface area contributed by atoms with Gasteiger partial charge in [-0.1, -0.05) is 31.5 Å². The molecule has 0 bridgehead atoms. The first kappa shape index (κ1) is 16.1. The largest absolute Gasteiger partial charge is 0.314 e. The topological polar surface area (TPSA) is 49.7 Å². The van der Waals surface area contributed by atoms with Gasteiger partial charge in [0.2, 0.25) is 0 Å². The van der Waals surface area contributed by atoms with Gasteiger partial charge in [-0.05, 0) is 37.8 Å². The second kappa shape index (κ2) is 6.98. The summed E-state index contributed by atoms with van der Waals surface area (Å²) in [6.07, 6.45) is 2.94. The predicted octanol–water partition coefficient (Wildman–Crippen LogP) is 2.77. The Labute approximate surface area is 120 Å². The Balaban J connectivity index is 3.31. The zero-order chi connectivity index (χ0) is 15.3. The van der Waals surface area contributed by atoms with Crippen LogP contribution in [-0.4, -0.2) is 30.0 Å². The predicted molar refractivity (Wildman–Crippen MR) is 81.2 cm³/mol. The van der Waals surface area contributed by atoms with Crippen LogP contribution in [-0.2, 0) is 17.6 Å². The summed E-state index contributed by atoms with van der Waals surface area (Å²) in [5.41, 5.74) is 3.51. The van der Waals surface area contributed by atoms with E-state index < -0.39 is 11.7 Å². The van der Waals surface area contributed by atoms with Crippen molar-refractivity contribution in [2.75, 3.05) is 7.05 Å². The van der Waals surface area contributed by atoms with Crippen molar-refractivity contribution < 1.29 is 9.59 Å². The summed E-state index contributed by atoms with van der Waals surface area (Å²) >= 11 is 0. The fourth-order valence-electron chi connectivity index (χ4n) is 2.27. The number of hydrogen-bond acceptors (Lipinski definition) is 3. The second-order valence-corrected chi connectivity index (χ2v) is 4.70. The number of hydrogen-bond donors (Lipinski definition) is 0. The summed E-state index contributed by atoms with van der Waals surface area (Å²) in [5, 5.41) is 4.92. The van der Waals surface area contributed by atoms with Crippen LogP contribution in [0, 0.1) is 6.92 Å². The molecule has 0 unspecified atom stereocenters. The van der Waals surface area contributed by atoms with Crippen LogP contribution < -0.4 is 0 Å². The lowest BCUT2D eigenvalue weighted by Gasteiger charge is -2.15. The summed E-state index contributed by atoms with van der Waals surface area (Å²) in [5.74, 6) is -1.08. The summed E-state index contributed by atoms with van der Waals surface area (Å²) in [6.45, 7) is 7.68. The molecule has 0 aliphatic heterocycles. The maximum absolute atomic E-state index is 12.5. The highest BCUT2D eigenvalue weighted by molar-refractivity contribution is 6.43. The number of carbonyl (C=O) groups is 2. The molecule has 0 aliphatic carbocycles.